The van der Waals surface area contributed by atoms with E-state index in [1.54, 1.807) is 19.2 Å². The number of fused-ring (bicyclic) bond motifs is 8. The Kier molecular flexibility index (Phi) is 9.90. The Morgan fingerprint density at radius 2 is 1.84 bits per heavy atom. The van der Waals surface area contributed by atoms with E-state index in [9.17, 15) is 14.3 Å². The number of carboxylic acids is 1. The first-order valence-electron chi connectivity index (χ1n) is 17.7. The zero-order valence-electron chi connectivity index (χ0n) is 29.6. The van der Waals surface area contributed by atoms with E-state index in [0.29, 0.717) is 56.5 Å². The Hall–Kier alpha value is -4.67. The largest absolute Gasteiger partial charge is 0.493 e. The lowest BCUT2D eigenvalue weighted by Crippen LogP contribution is -2.11. The average molecular weight is 712 g/mol. The number of benzene rings is 3. The molecule has 0 amide bonds. The zero-order valence-corrected chi connectivity index (χ0v) is 30.3. The molecule has 0 unspecified atom stereocenters. The maximum atomic E-state index is 14.4. The molecule has 0 radical (unpaired) electrons. The van der Waals surface area contributed by atoms with Gasteiger partial charge in [0.2, 0.25) is 0 Å². The summed E-state index contributed by atoms with van der Waals surface area (Å²) >= 11 is 7.06. The van der Waals surface area contributed by atoms with Gasteiger partial charge in [0, 0.05) is 42.2 Å². The molecule has 1 aliphatic rings. The number of ether oxygens (including phenoxy) is 2. The molecule has 4 heterocycles. The summed E-state index contributed by atoms with van der Waals surface area (Å²) in [6.45, 7) is 8.65. The fourth-order valence-corrected chi connectivity index (χ4v) is 7.87. The van der Waals surface area contributed by atoms with Crippen molar-refractivity contribution >= 4 is 39.2 Å². The summed E-state index contributed by atoms with van der Waals surface area (Å²) < 4.78 is 32.2. The minimum absolute atomic E-state index is 0.265. The van der Waals surface area contributed by atoms with Crippen molar-refractivity contribution in [3.63, 3.8) is 0 Å². The van der Waals surface area contributed by atoms with Crippen LogP contribution >= 0.6 is 11.6 Å². The van der Waals surface area contributed by atoms with Crippen molar-refractivity contribution < 1.29 is 23.8 Å². The normalized spacial score (nSPS) is 14.1. The molecule has 0 atom stereocenters. The summed E-state index contributed by atoms with van der Waals surface area (Å²) in [4.78, 5) is 12.9. The molecule has 11 heteroatoms. The number of aryl methyl sites for hydroxylation is 7. The molecule has 266 valence electrons. The summed E-state index contributed by atoms with van der Waals surface area (Å²) in [6.07, 6.45) is 4.06. The lowest BCUT2D eigenvalue weighted by atomic mass is 10.00. The molecule has 8 bridgehead atoms. The lowest BCUT2D eigenvalue weighted by Gasteiger charge is -2.14. The Bertz CT molecular complexity index is 2270. The maximum absolute atomic E-state index is 14.4. The molecule has 9 nitrogen and oxygen atoms in total. The predicted molar refractivity (Wildman–Crippen MR) is 198 cm³/mol. The number of methoxy groups -OCH3 is 1. The molecule has 0 saturated carbocycles. The van der Waals surface area contributed by atoms with E-state index in [1.165, 1.54) is 6.07 Å². The highest BCUT2D eigenvalue weighted by Crippen LogP contribution is 2.42. The van der Waals surface area contributed by atoms with Gasteiger partial charge in [0.1, 0.15) is 17.3 Å². The third-order valence-corrected chi connectivity index (χ3v) is 10.4. The first kappa shape index (κ1) is 34.8. The highest BCUT2D eigenvalue weighted by Gasteiger charge is 2.28. The smallest absolute Gasteiger partial charge is 0.352 e. The summed E-state index contributed by atoms with van der Waals surface area (Å²) in [5.41, 5.74) is 8.59. The van der Waals surface area contributed by atoms with Crippen molar-refractivity contribution in [3.8, 4) is 17.0 Å². The number of aromatic carboxylic acids is 1. The topological polar surface area (TPSA) is 96.3 Å². The van der Waals surface area contributed by atoms with E-state index in [4.69, 9.17) is 31.3 Å². The number of nitrogens with zero attached hydrogens (tertiary/aromatic N) is 5. The number of aromatic nitrogens is 5. The molecule has 51 heavy (non-hydrogen) atoms. The number of halogens is 2. The van der Waals surface area contributed by atoms with Crippen LogP contribution in [0.25, 0.3) is 32.9 Å². The Morgan fingerprint density at radius 1 is 1.02 bits per heavy atom. The summed E-state index contributed by atoms with van der Waals surface area (Å²) in [5.74, 6) is -0.595. The van der Waals surface area contributed by atoms with Crippen molar-refractivity contribution in [1.29, 1.82) is 0 Å². The molecule has 3 aromatic carbocycles. The fraction of sp³-hybridized carbons (Fsp3) is 0.375. The van der Waals surface area contributed by atoms with Crippen LogP contribution in [0.5, 0.6) is 5.75 Å². The quantitative estimate of drug-likeness (QED) is 0.193. The molecule has 1 aliphatic heterocycles. The second-order valence-electron chi connectivity index (χ2n) is 13.3. The zero-order chi connectivity index (χ0) is 35.8. The molecule has 3 aromatic heterocycles. The third kappa shape index (κ3) is 6.63. The number of rotatable bonds is 5. The van der Waals surface area contributed by atoms with Gasteiger partial charge in [-0.05, 0) is 118 Å². The second-order valence-corrected chi connectivity index (χ2v) is 13.7. The molecule has 6 aromatic rings. The Morgan fingerprint density at radius 3 is 2.63 bits per heavy atom. The number of hydrogen-bond acceptors (Lipinski definition) is 5. The highest BCUT2D eigenvalue weighted by atomic mass is 35.5. The van der Waals surface area contributed by atoms with Crippen molar-refractivity contribution in [2.24, 2.45) is 0 Å². The van der Waals surface area contributed by atoms with E-state index in [1.807, 2.05) is 52.0 Å². The number of carbonyl (C=O) groups is 1. The van der Waals surface area contributed by atoms with Crippen molar-refractivity contribution in [3.05, 3.63) is 98.8 Å². The molecule has 0 aliphatic carbocycles. The summed E-state index contributed by atoms with van der Waals surface area (Å²) in [7, 11) is 1.69. The molecule has 1 N–H and O–H groups in total. The molecule has 0 spiro atoms. The van der Waals surface area contributed by atoms with Crippen LogP contribution in [0.1, 0.15) is 64.0 Å². The van der Waals surface area contributed by atoms with Crippen molar-refractivity contribution in [2.75, 3.05) is 20.3 Å². The Balaban J connectivity index is 1.37. The first-order valence-corrected chi connectivity index (χ1v) is 18.1. The van der Waals surface area contributed by atoms with Crippen LogP contribution in [0.15, 0.2) is 48.5 Å². The maximum Gasteiger partial charge on any atom is 0.352 e. The Labute approximate surface area is 301 Å². The van der Waals surface area contributed by atoms with Gasteiger partial charge in [0.25, 0.3) is 0 Å². The van der Waals surface area contributed by atoms with Gasteiger partial charge >= 0.3 is 5.97 Å². The van der Waals surface area contributed by atoms with Crippen LogP contribution in [0, 0.1) is 19.7 Å². The third-order valence-electron chi connectivity index (χ3n) is 10.1. The highest BCUT2D eigenvalue weighted by molar-refractivity contribution is 6.35. The van der Waals surface area contributed by atoms with Crippen LogP contribution in [-0.4, -0.2) is 55.5 Å². The molecular weight excluding hydrogens is 669 g/mol. The van der Waals surface area contributed by atoms with Crippen LogP contribution in [0.4, 0.5) is 4.39 Å². The molecule has 7 rings (SSSR count). The van der Waals surface area contributed by atoms with E-state index >= 15 is 0 Å². The summed E-state index contributed by atoms with van der Waals surface area (Å²) in [5, 5.41) is 23.5. The monoisotopic (exact) mass is 711 g/mol. The van der Waals surface area contributed by atoms with Gasteiger partial charge in [0.15, 0.2) is 0 Å². The van der Waals surface area contributed by atoms with Gasteiger partial charge in [0.05, 0.1) is 47.4 Å². The van der Waals surface area contributed by atoms with Gasteiger partial charge in [-0.1, -0.05) is 23.7 Å². The first-order chi connectivity index (χ1) is 24.7. The minimum atomic E-state index is -0.980. The predicted octanol–water partition coefficient (Wildman–Crippen LogP) is 8.37. The van der Waals surface area contributed by atoms with Gasteiger partial charge in [-0.25, -0.2) is 9.18 Å². The van der Waals surface area contributed by atoms with Gasteiger partial charge < -0.3 is 19.1 Å². The standard InChI is InChI=1S/C40H43ClFN5O4/c1-5-45-38-33-14-15-34(41)36(38)37-24(2)25(3)43-47(37)16-6-8-29-23-30(46(44-29)17-19-50-4)12-10-26-20-27-22-28(42)11-13-31(27)35(21-26)51-18-7-9-32(33)39(45)40(48)49/h11,13-15,20-23H,5-10,12,16-19H2,1-4H3,(H,48,49). The lowest BCUT2D eigenvalue weighted by molar-refractivity contribution is 0.0684. The SMILES string of the molecule is CCn1c(C(=O)O)c2c3ccc(Cl)c(c31)-c1c(C)c(C)nn1CCCc1cc(n(CCOC)n1)CCc1cc(c3ccc(F)cc3c1)OCCC2. The molecule has 0 saturated heterocycles. The van der Waals surface area contributed by atoms with E-state index < -0.39 is 5.97 Å². The van der Waals surface area contributed by atoms with E-state index in [-0.39, 0.29) is 11.5 Å². The molecule has 0 fully saturated rings. The number of hydrogen-bond donors (Lipinski definition) is 1. The van der Waals surface area contributed by atoms with Gasteiger partial charge in [-0.15, -0.1) is 0 Å². The van der Waals surface area contributed by atoms with E-state index in [0.717, 1.165) is 92.4 Å². The van der Waals surface area contributed by atoms with Crippen LogP contribution in [-0.2, 0) is 50.1 Å². The van der Waals surface area contributed by atoms with Crippen molar-refractivity contribution in [2.45, 2.75) is 78.9 Å². The fourth-order valence-electron chi connectivity index (χ4n) is 7.63. The van der Waals surface area contributed by atoms with Gasteiger partial charge in [-0.2, -0.15) is 10.2 Å². The minimum Gasteiger partial charge on any atom is -0.493 e. The average Bonchev–Trinajstić information content (AvgIpc) is 3.74. The van der Waals surface area contributed by atoms with Crippen LogP contribution in [0.3, 0.4) is 0 Å². The van der Waals surface area contributed by atoms with Crippen molar-refractivity contribution in [1.82, 2.24) is 24.1 Å². The van der Waals surface area contributed by atoms with Crippen LogP contribution in [0.2, 0.25) is 5.02 Å². The molecular formula is C40H43ClFN5O4. The summed E-state index contributed by atoms with van der Waals surface area (Å²) in [6, 6.07) is 14.8. The van der Waals surface area contributed by atoms with E-state index in [2.05, 4.69) is 13.0 Å². The number of carboxylic acid groups (broad SMARTS) is 1. The van der Waals surface area contributed by atoms with Crippen LogP contribution < -0.4 is 4.74 Å². The van der Waals surface area contributed by atoms with Gasteiger partial charge in [-0.3, -0.25) is 9.36 Å². The second kappa shape index (κ2) is 14.5.